The Bertz CT molecular complexity index is 233. The van der Waals surface area contributed by atoms with Crippen molar-refractivity contribution < 1.29 is 4.74 Å². The quantitative estimate of drug-likeness (QED) is 0.811. The largest absolute Gasteiger partial charge is 0.381 e. The molecular weight excluding hydrogens is 210 g/mol. The van der Waals surface area contributed by atoms with Gasteiger partial charge in [0.2, 0.25) is 0 Å². The highest BCUT2D eigenvalue weighted by Gasteiger charge is 2.34. The zero-order valence-corrected chi connectivity index (χ0v) is 11.0. The molecule has 0 aromatic carbocycles. The lowest BCUT2D eigenvalue weighted by Crippen LogP contribution is -2.38. The third-order valence-corrected chi connectivity index (χ3v) is 5.04. The fraction of sp³-hybridized carbons (Fsp3) is 1.00. The van der Waals surface area contributed by atoms with Crippen molar-refractivity contribution in [3.05, 3.63) is 0 Å². The Labute approximate surface area is 105 Å². The molecule has 17 heavy (non-hydrogen) atoms. The molecule has 2 aliphatic carbocycles. The van der Waals surface area contributed by atoms with Crippen LogP contribution in [0.3, 0.4) is 0 Å². The standard InChI is InChI=1S/C15H27NO/c1-2-14(13-4-5-13)10-15(3-1)16-11-12-6-8-17-9-7-12/h12-16H,1-11H2. The monoisotopic (exact) mass is 237 g/mol. The van der Waals surface area contributed by atoms with Crippen molar-refractivity contribution in [2.45, 2.75) is 57.4 Å². The van der Waals surface area contributed by atoms with Crippen LogP contribution in [0.25, 0.3) is 0 Å². The van der Waals surface area contributed by atoms with E-state index in [4.69, 9.17) is 4.74 Å². The van der Waals surface area contributed by atoms with Crippen LogP contribution in [0.5, 0.6) is 0 Å². The first-order valence-electron chi connectivity index (χ1n) is 7.73. The Morgan fingerprint density at radius 1 is 0.882 bits per heavy atom. The van der Waals surface area contributed by atoms with Crippen molar-refractivity contribution >= 4 is 0 Å². The Morgan fingerprint density at radius 2 is 1.71 bits per heavy atom. The first kappa shape index (κ1) is 12.0. The molecule has 2 unspecified atom stereocenters. The minimum atomic E-state index is 0.831. The summed E-state index contributed by atoms with van der Waals surface area (Å²) >= 11 is 0. The van der Waals surface area contributed by atoms with Crippen molar-refractivity contribution in [1.82, 2.24) is 5.32 Å². The molecule has 3 rings (SSSR count). The lowest BCUT2D eigenvalue weighted by atomic mass is 9.82. The Balaban J connectivity index is 1.38. The van der Waals surface area contributed by atoms with Crippen LogP contribution in [0.1, 0.15) is 51.4 Å². The molecule has 0 bridgehead atoms. The summed E-state index contributed by atoms with van der Waals surface area (Å²) in [6.07, 6.45) is 11.5. The summed E-state index contributed by atoms with van der Waals surface area (Å²) in [5.41, 5.74) is 0. The number of ether oxygens (including phenoxy) is 1. The van der Waals surface area contributed by atoms with Gasteiger partial charge in [-0.05, 0) is 62.8 Å². The van der Waals surface area contributed by atoms with E-state index in [1.807, 2.05) is 0 Å². The van der Waals surface area contributed by atoms with Gasteiger partial charge in [-0.25, -0.2) is 0 Å². The highest BCUT2D eigenvalue weighted by molar-refractivity contribution is 4.88. The van der Waals surface area contributed by atoms with Gasteiger partial charge in [-0.1, -0.05) is 12.8 Å². The van der Waals surface area contributed by atoms with Gasteiger partial charge in [-0.15, -0.1) is 0 Å². The summed E-state index contributed by atoms with van der Waals surface area (Å²) < 4.78 is 5.42. The average Bonchev–Trinajstić information content (AvgIpc) is 3.22. The van der Waals surface area contributed by atoms with E-state index in [0.717, 1.165) is 37.0 Å². The molecule has 0 amide bonds. The molecule has 2 heteroatoms. The zero-order valence-electron chi connectivity index (χ0n) is 11.0. The number of hydrogen-bond donors (Lipinski definition) is 1. The predicted molar refractivity (Wildman–Crippen MR) is 70.0 cm³/mol. The third-order valence-electron chi connectivity index (χ3n) is 5.04. The smallest absolute Gasteiger partial charge is 0.0469 e. The first-order chi connectivity index (χ1) is 8.42. The van der Waals surface area contributed by atoms with Crippen molar-refractivity contribution in [2.75, 3.05) is 19.8 Å². The van der Waals surface area contributed by atoms with Gasteiger partial charge in [0.1, 0.15) is 0 Å². The van der Waals surface area contributed by atoms with Gasteiger partial charge in [0.25, 0.3) is 0 Å². The van der Waals surface area contributed by atoms with Crippen molar-refractivity contribution in [2.24, 2.45) is 17.8 Å². The lowest BCUT2D eigenvalue weighted by Gasteiger charge is -2.32. The van der Waals surface area contributed by atoms with Crippen LogP contribution in [0.4, 0.5) is 0 Å². The molecule has 0 aromatic heterocycles. The summed E-state index contributed by atoms with van der Waals surface area (Å²) in [5, 5.41) is 3.85. The molecule has 2 nitrogen and oxygen atoms in total. The van der Waals surface area contributed by atoms with Gasteiger partial charge in [0.15, 0.2) is 0 Å². The minimum Gasteiger partial charge on any atom is -0.381 e. The molecule has 3 aliphatic rings. The van der Waals surface area contributed by atoms with Crippen LogP contribution in [0.2, 0.25) is 0 Å². The van der Waals surface area contributed by atoms with E-state index in [2.05, 4.69) is 5.32 Å². The molecule has 1 N–H and O–H groups in total. The van der Waals surface area contributed by atoms with Gasteiger partial charge in [-0.3, -0.25) is 0 Å². The van der Waals surface area contributed by atoms with E-state index in [0.29, 0.717) is 0 Å². The summed E-state index contributed by atoms with van der Waals surface area (Å²) in [4.78, 5) is 0. The van der Waals surface area contributed by atoms with Crippen LogP contribution in [-0.4, -0.2) is 25.8 Å². The molecule has 1 saturated heterocycles. The maximum absolute atomic E-state index is 5.42. The molecular formula is C15H27NO. The Kier molecular flexibility index (Phi) is 4.02. The summed E-state index contributed by atoms with van der Waals surface area (Å²) in [6, 6.07) is 0.831. The second kappa shape index (κ2) is 5.71. The SMILES string of the molecule is C1CC(NCC2CCOCC2)CC(C2CC2)C1. The molecule has 1 heterocycles. The van der Waals surface area contributed by atoms with Crippen molar-refractivity contribution in [3.63, 3.8) is 0 Å². The van der Waals surface area contributed by atoms with Gasteiger partial charge in [-0.2, -0.15) is 0 Å². The molecule has 0 spiro atoms. The summed E-state index contributed by atoms with van der Waals surface area (Å²) in [5.74, 6) is 3.06. The maximum atomic E-state index is 5.42. The molecule has 2 saturated carbocycles. The average molecular weight is 237 g/mol. The normalized spacial score (nSPS) is 36.0. The number of nitrogens with one attached hydrogen (secondary N) is 1. The van der Waals surface area contributed by atoms with E-state index in [1.165, 1.54) is 57.9 Å². The second-order valence-electron chi connectivity index (χ2n) is 6.43. The van der Waals surface area contributed by atoms with Crippen LogP contribution >= 0.6 is 0 Å². The Hall–Kier alpha value is -0.0800. The predicted octanol–water partition coefficient (Wildman–Crippen LogP) is 2.97. The van der Waals surface area contributed by atoms with Crippen LogP contribution in [-0.2, 0) is 4.74 Å². The van der Waals surface area contributed by atoms with E-state index in [-0.39, 0.29) is 0 Å². The molecule has 2 atom stereocenters. The third kappa shape index (κ3) is 3.45. The van der Waals surface area contributed by atoms with Gasteiger partial charge in [0.05, 0.1) is 0 Å². The second-order valence-corrected chi connectivity index (χ2v) is 6.43. The molecule has 1 aliphatic heterocycles. The van der Waals surface area contributed by atoms with Crippen LogP contribution in [0.15, 0.2) is 0 Å². The van der Waals surface area contributed by atoms with E-state index < -0.39 is 0 Å². The molecule has 98 valence electrons. The highest BCUT2D eigenvalue weighted by atomic mass is 16.5. The summed E-state index contributed by atoms with van der Waals surface area (Å²) in [7, 11) is 0. The molecule has 0 radical (unpaired) electrons. The van der Waals surface area contributed by atoms with E-state index >= 15 is 0 Å². The topological polar surface area (TPSA) is 21.3 Å². The Morgan fingerprint density at radius 3 is 2.47 bits per heavy atom. The van der Waals surface area contributed by atoms with E-state index in [1.54, 1.807) is 0 Å². The fourth-order valence-electron chi connectivity index (χ4n) is 3.69. The maximum Gasteiger partial charge on any atom is 0.0469 e. The van der Waals surface area contributed by atoms with Crippen molar-refractivity contribution in [3.8, 4) is 0 Å². The molecule has 0 aromatic rings. The van der Waals surface area contributed by atoms with E-state index in [9.17, 15) is 0 Å². The highest BCUT2D eigenvalue weighted by Crippen LogP contribution is 2.43. The first-order valence-corrected chi connectivity index (χ1v) is 7.73. The zero-order chi connectivity index (χ0) is 11.5. The van der Waals surface area contributed by atoms with Gasteiger partial charge in [0, 0.05) is 19.3 Å². The van der Waals surface area contributed by atoms with Crippen LogP contribution < -0.4 is 5.32 Å². The molecule has 3 fully saturated rings. The van der Waals surface area contributed by atoms with Gasteiger partial charge >= 0.3 is 0 Å². The fourth-order valence-corrected chi connectivity index (χ4v) is 3.69. The van der Waals surface area contributed by atoms with Gasteiger partial charge < -0.3 is 10.1 Å². The van der Waals surface area contributed by atoms with Crippen LogP contribution in [0, 0.1) is 17.8 Å². The number of hydrogen-bond acceptors (Lipinski definition) is 2. The van der Waals surface area contributed by atoms with Crippen molar-refractivity contribution in [1.29, 1.82) is 0 Å². The minimum absolute atomic E-state index is 0.831. The summed E-state index contributed by atoms with van der Waals surface area (Å²) in [6.45, 7) is 3.22. The number of rotatable bonds is 4. The lowest BCUT2D eigenvalue weighted by molar-refractivity contribution is 0.0645.